The average molecular weight is 413 g/mol. The molecule has 0 bridgehead atoms. The van der Waals surface area contributed by atoms with E-state index in [1.807, 2.05) is 0 Å². The topological polar surface area (TPSA) is 135 Å². The molecule has 2 aromatic rings. The van der Waals surface area contributed by atoms with Crippen molar-refractivity contribution in [2.75, 3.05) is 12.3 Å². The van der Waals surface area contributed by atoms with Gasteiger partial charge in [-0.05, 0) is 54.1 Å². The molecule has 0 aliphatic heterocycles. The maximum atomic E-state index is 12.7. The number of thiophene rings is 1. The smallest absolute Gasteiger partial charge is 0.404 e. The van der Waals surface area contributed by atoms with Gasteiger partial charge in [0.05, 0.1) is 4.90 Å². The summed E-state index contributed by atoms with van der Waals surface area (Å²) in [5, 5.41) is 3.46. The first-order valence-electron chi connectivity index (χ1n) is 7.43. The molecule has 26 heavy (non-hydrogen) atoms. The van der Waals surface area contributed by atoms with Gasteiger partial charge in [0.15, 0.2) is 0 Å². The molecule has 11 heteroatoms. The monoisotopic (exact) mass is 412 g/mol. The lowest BCUT2D eigenvalue weighted by molar-refractivity contribution is 0.151. The molecule has 1 amide bonds. The van der Waals surface area contributed by atoms with E-state index in [0.29, 0.717) is 11.4 Å². The number of hydrogen-bond donors (Lipinski definition) is 1. The molecule has 2 rings (SSSR count). The number of amides is 1. The Kier molecular flexibility index (Phi) is 7.34. The molecule has 0 atom stereocenters. The third kappa shape index (κ3) is 5.67. The molecule has 0 saturated carbocycles. The number of nitrogens with zero attached hydrogens (tertiary/aromatic N) is 3. The third-order valence-corrected chi connectivity index (χ3v) is 7.55. The van der Waals surface area contributed by atoms with Gasteiger partial charge in [-0.1, -0.05) is 5.11 Å². The van der Waals surface area contributed by atoms with Crippen molar-refractivity contribution in [3.05, 3.63) is 51.7 Å². The summed E-state index contributed by atoms with van der Waals surface area (Å²) in [6.45, 7) is 0.386. The number of primary amides is 1. The van der Waals surface area contributed by atoms with Crippen LogP contribution < -0.4 is 5.73 Å². The molecule has 0 aliphatic carbocycles. The van der Waals surface area contributed by atoms with E-state index in [0.717, 1.165) is 28.4 Å². The van der Waals surface area contributed by atoms with E-state index < -0.39 is 15.9 Å². The van der Waals surface area contributed by atoms with Crippen LogP contribution in [0, 0.1) is 0 Å². The maximum absolute atomic E-state index is 12.7. The first-order valence-corrected chi connectivity index (χ1v) is 10.7. The lowest BCUT2D eigenvalue weighted by Gasteiger charge is -2.04. The second-order valence-electron chi connectivity index (χ2n) is 4.96. The largest absolute Gasteiger partial charge is 0.444 e. The van der Waals surface area contributed by atoms with Crippen molar-refractivity contribution in [1.29, 1.82) is 0 Å². The first kappa shape index (κ1) is 20.1. The molecule has 8 nitrogen and oxygen atoms in total. The van der Waals surface area contributed by atoms with Gasteiger partial charge in [0.2, 0.25) is 9.84 Å². The van der Waals surface area contributed by atoms with E-state index in [2.05, 4.69) is 14.8 Å². The van der Waals surface area contributed by atoms with Gasteiger partial charge in [-0.25, -0.2) is 13.2 Å². The van der Waals surface area contributed by atoms with E-state index in [-0.39, 0.29) is 15.7 Å². The van der Waals surface area contributed by atoms with Crippen LogP contribution in [0.4, 0.5) is 4.79 Å². The van der Waals surface area contributed by atoms with Crippen molar-refractivity contribution in [2.45, 2.75) is 27.0 Å². The minimum atomic E-state index is -3.62. The van der Waals surface area contributed by atoms with Crippen LogP contribution in [0.1, 0.15) is 11.3 Å². The van der Waals surface area contributed by atoms with Crippen LogP contribution in [0.15, 0.2) is 55.5 Å². The van der Waals surface area contributed by atoms with Crippen LogP contribution in [0.3, 0.4) is 0 Å². The second-order valence-corrected chi connectivity index (χ2v) is 9.47. The Morgan fingerprint density at radius 3 is 2.65 bits per heavy atom. The number of azide groups is 1. The molecule has 0 fully saturated rings. The molecule has 1 heterocycles. The summed E-state index contributed by atoms with van der Waals surface area (Å²) >= 11 is 2.60. The van der Waals surface area contributed by atoms with Crippen molar-refractivity contribution in [1.82, 2.24) is 0 Å². The zero-order chi connectivity index (χ0) is 19.0. The van der Waals surface area contributed by atoms with Crippen molar-refractivity contribution in [2.24, 2.45) is 10.8 Å². The number of benzene rings is 1. The van der Waals surface area contributed by atoms with Crippen molar-refractivity contribution in [3.8, 4) is 0 Å². The molecule has 0 radical (unpaired) electrons. The molecule has 0 saturated heterocycles. The number of ether oxygens (including phenoxy) is 1. The number of hydrogen-bond acceptors (Lipinski definition) is 7. The quantitative estimate of drug-likeness (QED) is 0.218. The Hall–Kier alpha value is -2.20. The van der Waals surface area contributed by atoms with E-state index >= 15 is 0 Å². The highest BCUT2D eigenvalue weighted by Gasteiger charge is 2.20. The lowest BCUT2D eigenvalue weighted by atomic mass is 10.4. The Balaban J connectivity index is 2.02. The summed E-state index contributed by atoms with van der Waals surface area (Å²) in [5.41, 5.74) is 13.1. The Labute approximate surface area is 158 Å². The molecule has 0 aliphatic rings. The SMILES string of the molecule is [N-]=[N+]=NCCCSc1ccc(S(=O)(=O)c2ccc(COC(N)=O)s2)cc1. The second kappa shape index (κ2) is 9.48. The molecule has 1 aromatic heterocycles. The fraction of sp³-hybridized carbons (Fsp3) is 0.267. The van der Waals surface area contributed by atoms with Crippen LogP contribution in [0.25, 0.3) is 10.4 Å². The zero-order valence-corrected chi connectivity index (χ0v) is 16.0. The maximum Gasteiger partial charge on any atom is 0.404 e. The van der Waals surface area contributed by atoms with Gasteiger partial charge in [-0.3, -0.25) is 0 Å². The molecule has 2 N–H and O–H groups in total. The fourth-order valence-corrected chi connectivity index (χ4v) is 5.43. The van der Waals surface area contributed by atoms with E-state index in [4.69, 9.17) is 11.3 Å². The van der Waals surface area contributed by atoms with Gasteiger partial charge in [0.25, 0.3) is 0 Å². The van der Waals surface area contributed by atoms with Gasteiger partial charge in [-0.2, -0.15) is 0 Å². The van der Waals surface area contributed by atoms with Crippen LogP contribution in [0.5, 0.6) is 0 Å². The number of sulfone groups is 1. The summed E-state index contributed by atoms with van der Waals surface area (Å²) in [4.78, 5) is 15.0. The van der Waals surface area contributed by atoms with Crippen molar-refractivity contribution in [3.63, 3.8) is 0 Å². The summed E-state index contributed by atoms with van der Waals surface area (Å²) in [7, 11) is -3.62. The number of thioether (sulfide) groups is 1. The van der Waals surface area contributed by atoms with Crippen molar-refractivity contribution < 1.29 is 17.9 Å². The highest BCUT2D eigenvalue weighted by atomic mass is 32.2. The molecule has 0 spiro atoms. The van der Waals surface area contributed by atoms with Gasteiger partial charge in [-0.15, -0.1) is 23.1 Å². The number of carbonyl (C=O) groups excluding carboxylic acids is 1. The molecule has 138 valence electrons. The summed E-state index contributed by atoms with van der Waals surface area (Å²) < 4.78 is 30.1. The summed E-state index contributed by atoms with van der Waals surface area (Å²) in [6, 6.07) is 9.69. The highest BCUT2D eigenvalue weighted by Crippen LogP contribution is 2.29. The van der Waals surface area contributed by atoms with Crippen LogP contribution in [-0.2, 0) is 21.2 Å². The van der Waals surface area contributed by atoms with E-state index in [9.17, 15) is 13.2 Å². The standard InChI is InChI=1S/C15H16N4O4S3/c16-15(20)23-10-12-4-7-14(25-12)26(21,22)13-5-2-11(3-6-13)24-9-1-8-18-19-17/h2-7H,1,8-10H2,(H2,16,20). The molecular formula is C15H16N4O4S3. The van der Waals surface area contributed by atoms with Crippen molar-refractivity contribution >= 4 is 39.0 Å². The van der Waals surface area contributed by atoms with Gasteiger partial charge in [0.1, 0.15) is 10.8 Å². The number of carbonyl (C=O) groups is 1. The van der Waals surface area contributed by atoms with Crippen LogP contribution in [-0.4, -0.2) is 26.8 Å². The summed E-state index contributed by atoms with van der Waals surface area (Å²) in [5.74, 6) is 0.777. The molecular weight excluding hydrogens is 396 g/mol. The van der Waals surface area contributed by atoms with E-state index in [1.165, 1.54) is 6.07 Å². The fourth-order valence-electron chi connectivity index (χ4n) is 1.92. The predicted octanol–water partition coefficient (Wildman–Crippen LogP) is 3.97. The zero-order valence-electron chi connectivity index (χ0n) is 13.6. The number of nitrogens with two attached hydrogens (primary N) is 1. The van der Waals surface area contributed by atoms with Gasteiger partial charge < -0.3 is 10.5 Å². The lowest BCUT2D eigenvalue weighted by Crippen LogP contribution is -2.12. The minimum Gasteiger partial charge on any atom is -0.444 e. The van der Waals surface area contributed by atoms with Crippen LogP contribution in [0.2, 0.25) is 0 Å². The van der Waals surface area contributed by atoms with Crippen LogP contribution >= 0.6 is 23.1 Å². The predicted molar refractivity (Wildman–Crippen MR) is 99.9 cm³/mol. The minimum absolute atomic E-state index is 0.0546. The Morgan fingerprint density at radius 2 is 2.00 bits per heavy atom. The highest BCUT2D eigenvalue weighted by molar-refractivity contribution is 7.99. The Morgan fingerprint density at radius 1 is 1.27 bits per heavy atom. The van der Waals surface area contributed by atoms with Gasteiger partial charge >= 0.3 is 6.09 Å². The molecule has 0 unspecified atom stereocenters. The number of rotatable bonds is 9. The van der Waals surface area contributed by atoms with Gasteiger partial charge in [0, 0.05) is 21.2 Å². The van der Waals surface area contributed by atoms with E-state index in [1.54, 1.807) is 42.1 Å². The average Bonchev–Trinajstić information content (AvgIpc) is 3.10. The normalized spacial score (nSPS) is 10.9. The summed E-state index contributed by atoms with van der Waals surface area (Å²) in [6.07, 6.45) is -0.157. The Bertz CT molecular complexity index is 903. The first-order chi connectivity index (χ1) is 12.4. The third-order valence-electron chi connectivity index (χ3n) is 3.13. The molecule has 1 aromatic carbocycles.